The van der Waals surface area contributed by atoms with Crippen LogP contribution >= 0.6 is 11.3 Å². The number of thiazole rings is 1. The Morgan fingerprint density at radius 1 is 1.10 bits per heavy atom. The minimum Gasteiger partial charge on any atom is -0.465 e. The van der Waals surface area contributed by atoms with Crippen molar-refractivity contribution in [3.05, 3.63) is 59.8 Å². The van der Waals surface area contributed by atoms with Gasteiger partial charge in [0.15, 0.2) is 0 Å². The van der Waals surface area contributed by atoms with Crippen LogP contribution in [-0.4, -0.2) is 7.05 Å². The summed E-state index contributed by atoms with van der Waals surface area (Å²) in [5, 5.41) is 4.24. The van der Waals surface area contributed by atoms with Gasteiger partial charge in [-0.15, -0.1) is 0 Å². The summed E-state index contributed by atoms with van der Waals surface area (Å²) in [6.45, 7) is 0. The summed E-state index contributed by atoms with van der Waals surface area (Å²) in [5.41, 5.74) is 2.31. The zero-order valence-corrected chi connectivity index (χ0v) is 12.9. The van der Waals surface area contributed by atoms with E-state index in [0.717, 1.165) is 16.4 Å². The fraction of sp³-hybridized carbons (Fsp3) is 0.118. The molecule has 0 unspecified atom stereocenters. The maximum absolute atomic E-state index is 5.65. The lowest BCUT2D eigenvalue weighted by Crippen LogP contribution is -2.28. The van der Waals surface area contributed by atoms with Crippen LogP contribution in [-0.2, 0) is 7.05 Å². The first-order valence-electron chi connectivity index (χ1n) is 6.76. The van der Waals surface area contributed by atoms with E-state index in [2.05, 4.69) is 41.2 Å². The van der Waals surface area contributed by atoms with E-state index < -0.39 is 0 Å². The first-order chi connectivity index (χ1) is 10.3. The van der Waals surface area contributed by atoms with Gasteiger partial charge in [0.25, 0.3) is 5.01 Å². The number of hydrogen-bond acceptors (Lipinski definition) is 3. The van der Waals surface area contributed by atoms with E-state index in [1.807, 2.05) is 37.4 Å². The minimum atomic E-state index is 0.828. The average molecular weight is 297 g/mol. The van der Waals surface area contributed by atoms with E-state index in [4.69, 9.17) is 4.74 Å². The van der Waals surface area contributed by atoms with Crippen molar-refractivity contribution in [2.24, 2.45) is 7.05 Å². The highest BCUT2D eigenvalue weighted by molar-refractivity contribution is 7.18. The third-order valence-corrected chi connectivity index (χ3v) is 4.51. The summed E-state index contributed by atoms with van der Waals surface area (Å²) >= 11 is 1.75. The van der Waals surface area contributed by atoms with Crippen molar-refractivity contribution in [3.8, 4) is 5.75 Å². The van der Waals surface area contributed by atoms with E-state index in [0.29, 0.717) is 0 Å². The molecule has 0 saturated heterocycles. The van der Waals surface area contributed by atoms with Crippen molar-refractivity contribution in [1.82, 2.24) is 0 Å². The molecule has 0 atom stereocenters. The van der Waals surface area contributed by atoms with Gasteiger partial charge < -0.3 is 10.1 Å². The predicted octanol–water partition coefficient (Wildman–Crippen LogP) is 3.82. The Morgan fingerprint density at radius 2 is 1.86 bits per heavy atom. The van der Waals surface area contributed by atoms with Crippen LogP contribution in [0.3, 0.4) is 0 Å². The molecular formula is C17H17N2OS+. The predicted molar refractivity (Wildman–Crippen MR) is 88.7 cm³/mol. The largest absolute Gasteiger partial charge is 0.465 e. The highest BCUT2D eigenvalue weighted by Gasteiger charge is 2.13. The Labute approximate surface area is 128 Å². The summed E-state index contributed by atoms with van der Waals surface area (Å²) in [5.74, 6) is 0.828. The van der Waals surface area contributed by atoms with Crippen molar-refractivity contribution in [2.45, 2.75) is 0 Å². The Hall–Kier alpha value is -2.33. The molecule has 0 aliphatic rings. The Balaban J connectivity index is 1.76. The van der Waals surface area contributed by atoms with E-state index >= 15 is 0 Å². The third-order valence-electron chi connectivity index (χ3n) is 3.33. The van der Waals surface area contributed by atoms with Gasteiger partial charge in [-0.25, -0.2) is 0 Å². The molecule has 3 rings (SSSR count). The second kappa shape index (κ2) is 5.97. The minimum absolute atomic E-state index is 0.828. The van der Waals surface area contributed by atoms with Crippen LogP contribution in [0.4, 0.5) is 5.69 Å². The van der Waals surface area contributed by atoms with Crippen LogP contribution in [0.1, 0.15) is 5.01 Å². The van der Waals surface area contributed by atoms with Gasteiger partial charge in [-0.05, 0) is 30.3 Å². The number of anilines is 1. The maximum atomic E-state index is 5.65. The molecule has 0 amide bonds. The highest BCUT2D eigenvalue weighted by Crippen LogP contribution is 2.21. The number of para-hydroxylation sites is 1. The lowest BCUT2D eigenvalue weighted by Gasteiger charge is -2.01. The number of nitrogens with one attached hydrogen (secondary N) is 1. The van der Waals surface area contributed by atoms with Gasteiger partial charge in [0.05, 0.1) is 12.3 Å². The normalized spacial score (nSPS) is 11.1. The molecule has 0 bridgehead atoms. The molecule has 0 spiro atoms. The lowest BCUT2D eigenvalue weighted by molar-refractivity contribution is -0.642. The Kier molecular flexibility index (Phi) is 3.88. The van der Waals surface area contributed by atoms with E-state index in [1.54, 1.807) is 17.6 Å². The molecule has 2 aromatic carbocycles. The van der Waals surface area contributed by atoms with Crippen molar-refractivity contribution in [2.75, 3.05) is 12.4 Å². The number of benzene rings is 2. The quantitative estimate of drug-likeness (QED) is 0.585. The topological polar surface area (TPSA) is 25.1 Å². The van der Waals surface area contributed by atoms with E-state index in [-0.39, 0.29) is 0 Å². The van der Waals surface area contributed by atoms with Crippen LogP contribution < -0.4 is 14.6 Å². The zero-order valence-electron chi connectivity index (χ0n) is 12.0. The zero-order chi connectivity index (χ0) is 14.7. The maximum Gasteiger partial charge on any atom is 0.265 e. The molecule has 0 aliphatic heterocycles. The number of aryl methyl sites for hydroxylation is 1. The number of hydrogen-bond donors (Lipinski definition) is 1. The molecular weight excluding hydrogens is 280 g/mol. The molecule has 0 aliphatic carbocycles. The van der Waals surface area contributed by atoms with Gasteiger partial charge in [-0.2, -0.15) is 4.57 Å². The van der Waals surface area contributed by atoms with Crippen LogP contribution in [0.15, 0.2) is 54.8 Å². The first-order valence-corrected chi connectivity index (χ1v) is 7.58. The second-order valence-electron chi connectivity index (χ2n) is 4.66. The average Bonchev–Trinajstić information content (AvgIpc) is 2.85. The number of ether oxygens (including phenoxy) is 1. The van der Waals surface area contributed by atoms with Gasteiger partial charge >= 0.3 is 0 Å². The van der Waals surface area contributed by atoms with Crippen molar-refractivity contribution in [3.63, 3.8) is 0 Å². The van der Waals surface area contributed by atoms with Crippen LogP contribution in [0.5, 0.6) is 5.75 Å². The lowest BCUT2D eigenvalue weighted by atomic mass is 10.3. The Bertz CT molecular complexity index is 775. The van der Waals surface area contributed by atoms with Gasteiger partial charge in [0, 0.05) is 18.8 Å². The molecule has 0 saturated carbocycles. The van der Waals surface area contributed by atoms with Gasteiger partial charge in [0.1, 0.15) is 17.5 Å². The van der Waals surface area contributed by atoms with Gasteiger partial charge in [-0.3, -0.25) is 0 Å². The molecule has 3 nitrogen and oxygen atoms in total. The van der Waals surface area contributed by atoms with Crippen LogP contribution in [0.2, 0.25) is 0 Å². The molecule has 106 valence electrons. The summed E-state index contributed by atoms with van der Waals surface area (Å²) in [7, 11) is 3.97. The first kappa shape index (κ1) is 13.6. The summed E-state index contributed by atoms with van der Waals surface area (Å²) in [6.07, 6.45) is 3.73. The molecule has 21 heavy (non-hydrogen) atoms. The molecule has 4 heteroatoms. The van der Waals surface area contributed by atoms with Gasteiger partial charge in [-0.1, -0.05) is 23.5 Å². The van der Waals surface area contributed by atoms with E-state index in [1.165, 1.54) is 10.2 Å². The molecule has 0 fully saturated rings. The molecule has 1 N–H and O–H groups in total. The number of fused-ring (bicyclic) bond motifs is 1. The van der Waals surface area contributed by atoms with Crippen molar-refractivity contribution < 1.29 is 9.30 Å². The molecule has 3 aromatic rings. The second-order valence-corrected chi connectivity index (χ2v) is 5.72. The van der Waals surface area contributed by atoms with Crippen molar-refractivity contribution in [1.29, 1.82) is 0 Å². The fourth-order valence-corrected chi connectivity index (χ4v) is 3.18. The Morgan fingerprint density at radius 3 is 2.57 bits per heavy atom. The molecule has 0 radical (unpaired) electrons. The van der Waals surface area contributed by atoms with Crippen LogP contribution in [0.25, 0.3) is 16.3 Å². The van der Waals surface area contributed by atoms with Gasteiger partial charge in [0.2, 0.25) is 5.52 Å². The standard InChI is InChI=1S/C17H17N2OS/c1-18-13-7-9-14(10-8-13)20-12-11-17-19(2)15-5-3-4-6-16(15)21-17/h3-12,18H,1-2H3/q+1. The number of rotatable bonds is 4. The summed E-state index contributed by atoms with van der Waals surface area (Å²) in [6, 6.07) is 16.2. The summed E-state index contributed by atoms with van der Waals surface area (Å²) < 4.78 is 9.09. The number of nitrogens with zero attached hydrogens (tertiary/aromatic N) is 1. The van der Waals surface area contributed by atoms with Crippen LogP contribution in [0, 0.1) is 0 Å². The summed E-state index contributed by atoms with van der Waals surface area (Å²) in [4.78, 5) is 0. The molecule has 1 aromatic heterocycles. The van der Waals surface area contributed by atoms with E-state index in [9.17, 15) is 0 Å². The molecule has 1 heterocycles. The SMILES string of the molecule is CNc1ccc(OC=Cc2sc3ccccc3[n+]2C)cc1. The monoisotopic (exact) mass is 297 g/mol. The smallest absolute Gasteiger partial charge is 0.265 e. The van der Waals surface area contributed by atoms with Crippen molar-refractivity contribution >= 4 is 33.3 Å². The highest BCUT2D eigenvalue weighted by atomic mass is 32.1. The third kappa shape index (κ3) is 2.90. The fourth-order valence-electron chi connectivity index (χ4n) is 2.14. The number of aromatic nitrogens is 1.